The summed E-state index contributed by atoms with van der Waals surface area (Å²) in [7, 11) is 1.95. The van der Waals surface area contributed by atoms with Gasteiger partial charge in [-0.2, -0.15) is 0 Å². The van der Waals surface area contributed by atoms with Gasteiger partial charge in [0.15, 0.2) is 11.6 Å². The van der Waals surface area contributed by atoms with E-state index in [4.69, 9.17) is 5.73 Å². The van der Waals surface area contributed by atoms with Gasteiger partial charge in [0.2, 0.25) is 0 Å². The number of rotatable bonds is 5. The molecule has 16 heavy (non-hydrogen) atoms. The highest BCUT2D eigenvalue weighted by Crippen LogP contribution is 2.20. The van der Waals surface area contributed by atoms with Crippen molar-refractivity contribution >= 4 is 0 Å². The lowest BCUT2D eigenvalue weighted by molar-refractivity contribution is 0.259. The first-order chi connectivity index (χ1) is 7.56. The van der Waals surface area contributed by atoms with E-state index in [1.54, 1.807) is 6.07 Å². The molecule has 0 saturated carbocycles. The van der Waals surface area contributed by atoms with Crippen LogP contribution in [0, 0.1) is 11.6 Å². The van der Waals surface area contributed by atoms with Crippen LogP contribution >= 0.6 is 0 Å². The number of hydrogen-bond donors (Lipinski definition) is 1. The summed E-state index contributed by atoms with van der Waals surface area (Å²) in [5, 5.41) is 0. The fourth-order valence-electron chi connectivity index (χ4n) is 1.56. The van der Waals surface area contributed by atoms with Gasteiger partial charge in [0.05, 0.1) is 0 Å². The minimum atomic E-state index is -0.805. The molecule has 0 aliphatic carbocycles. The van der Waals surface area contributed by atoms with Crippen molar-refractivity contribution in [1.29, 1.82) is 0 Å². The second-order valence-corrected chi connectivity index (χ2v) is 3.97. The van der Waals surface area contributed by atoms with Gasteiger partial charge in [-0.3, -0.25) is 4.90 Å². The van der Waals surface area contributed by atoms with Crippen LogP contribution in [0.25, 0.3) is 0 Å². The first-order valence-electron chi connectivity index (χ1n) is 5.41. The highest BCUT2D eigenvalue weighted by atomic mass is 19.2. The maximum absolute atomic E-state index is 13.0. The van der Waals surface area contributed by atoms with Crippen LogP contribution in [-0.2, 0) is 0 Å². The summed E-state index contributed by atoms with van der Waals surface area (Å²) >= 11 is 0. The molecular formula is C12H18F2N2. The maximum Gasteiger partial charge on any atom is 0.159 e. The lowest BCUT2D eigenvalue weighted by Crippen LogP contribution is -2.25. The largest absolute Gasteiger partial charge is 0.330 e. The molecule has 1 atom stereocenters. The van der Waals surface area contributed by atoms with Gasteiger partial charge in [-0.15, -0.1) is 0 Å². The Hall–Kier alpha value is -1.00. The smallest absolute Gasteiger partial charge is 0.159 e. The van der Waals surface area contributed by atoms with Crippen LogP contribution in [0.3, 0.4) is 0 Å². The number of benzene rings is 1. The molecule has 0 amide bonds. The van der Waals surface area contributed by atoms with E-state index < -0.39 is 11.6 Å². The minimum absolute atomic E-state index is 0.0571. The van der Waals surface area contributed by atoms with Crippen molar-refractivity contribution in [2.75, 3.05) is 20.1 Å². The van der Waals surface area contributed by atoms with E-state index in [2.05, 4.69) is 4.90 Å². The monoisotopic (exact) mass is 228 g/mol. The van der Waals surface area contributed by atoms with Crippen molar-refractivity contribution < 1.29 is 8.78 Å². The van der Waals surface area contributed by atoms with Gasteiger partial charge in [-0.1, -0.05) is 6.07 Å². The Kier molecular flexibility index (Phi) is 4.83. The van der Waals surface area contributed by atoms with Crippen LogP contribution in [0.5, 0.6) is 0 Å². The predicted molar refractivity (Wildman–Crippen MR) is 61.1 cm³/mol. The zero-order valence-corrected chi connectivity index (χ0v) is 9.71. The molecule has 0 aliphatic heterocycles. The van der Waals surface area contributed by atoms with Gasteiger partial charge >= 0.3 is 0 Å². The molecule has 0 radical (unpaired) electrons. The fraction of sp³-hybridized carbons (Fsp3) is 0.500. The van der Waals surface area contributed by atoms with Gasteiger partial charge in [0.1, 0.15) is 0 Å². The summed E-state index contributed by atoms with van der Waals surface area (Å²) in [6.45, 7) is 3.44. The molecule has 2 nitrogen and oxygen atoms in total. The molecule has 1 aromatic carbocycles. The van der Waals surface area contributed by atoms with Crippen LogP contribution in [0.2, 0.25) is 0 Å². The molecule has 0 heterocycles. The Morgan fingerprint density at radius 2 is 2.00 bits per heavy atom. The normalized spacial score (nSPS) is 13.1. The zero-order chi connectivity index (χ0) is 12.1. The minimum Gasteiger partial charge on any atom is -0.330 e. The maximum atomic E-state index is 13.0. The van der Waals surface area contributed by atoms with E-state index in [9.17, 15) is 8.78 Å². The number of hydrogen-bond acceptors (Lipinski definition) is 2. The molecular weight excluding hydrogens is 210 g/mol. The fourth-order valence-corrected chi connectivity index (χ4v) is 1.56. The molecule has 0 bridgehead atoms. The zero-order valence-electron chi connectivity index (χ0n) is 9.71. The van der Waals surface area contributed by atoms with Gasteiger partial charge < -0.3 is 5.73 Å². The SMILES string of the molecule is CC(c1ccc(F)c(F)c1)N(C)CCCN. The summed E-state index contributed by atoms with van der Waals surface area (Å²) in [6.07, 6.45) is 0.893. The molecule has 0 aliphatic rings. The lowest BCUT2D eigenvalue weighted by Gasteiger charge is -2.24. The van der Waals surface area contributed by atoms with E-state index in [1.165, 1.54) is 6.07 Å². The third-order valence-electron chi connectivity index (χ3n) is 2.80. The first kappa shape index (κ1) is 13.1. The van der Waals surface area contributed by atoms with Crippen molar-refractivity contribution in [2.24, 2.45) is 5.73 Å². The van der Waals surface area contributed by atoms with Crippen molar-refractivity contribution in [3.05, 3.63) is 35.4 Å². The average Bonchev–Trinajstić information content (AvgIpc) is 2.28. The molecule has 1 rings (SSSR count). The van der Waals surface area contributed by atoms with E-state index in [0.717, 1.165) is 24.6 Å². The topological polar surface area (TPSA) is 29.3 Å². The van der Waals surface area contributed by atoms with E-state index in [-0.39, 0.29) is 6.04 Å². The van der Waals surface area contributed by atoms with E-state index >= 15 is 0 Å². The number of nitrogens with two attached hydrogens (primary N) is 1. The van der Waals surface area contributed by atoms with Gasteiger partial charge in [-0.05, 0) is 51.2 Å². The third kappa shape index (κ3) is 3.25. The second kappa shape index (κ2) is 5.92. The summed E-state index contributed by atoms with van der Waals surface area (Å²) < 4.78 is 25.8. The summed E-state index contributed by atoms with van der Waals surface area (Å²) in [5.74, 6) is -1.60. The standard InChI is InChI=1S/C12H18F2N2/c1-9(16(2)7-3-6-15)10-4-5-11(13)12(14)8-10/h4-5,8-9H,3,6-7,15H2,1-2H3. The Balaban J connectivity index is 2.71. The van der Waals surface area contributed by atoms with Crippen LogP contribution < -0.4 is 5.73 Å². The Morgan fingerprint density at radius 3 is 2.56 bits per heavy atom. The third-order valence-corrected chi connectivity index (χ3v) is 2.80. The molecule has 4 heteroatoms. The van der Waals surface area contributed by atoms with Crippen molar-refractivity contribution in [3.8, 4) is 0 Å². The van der Waals surface area contributed by atoms with Crippen LogP contribution in [-0.4, -0.2) is 25.0 Å². The van der Waals surface area contributed by atoms with Crippen molar-refractivity contribution in [1.82, 2.24) is 4.90 Å². The van der Waals surface area contributed by atoms with Gasteiger partial charge in [0, 0.05) is 6.04 Å². The van der Waals surface area contributed by atoms with Crippen LogP contribution in [0.1, 0.15) is 24.9 Å². The predicted octanol–water partition coefficient (Wildman–Crippen LogP) is 2.31. The summed E-state index contributed by atoms with van der Waals surface area (Å²) in [5.41, 5.74) is 6.20. The molecule has 1 unspecified atom stereocenters. The quantitative estimate of drug-likeness (QED) is 0.838. The molecule has 0 aromatic heterocycles. The van der Waals surface area contributed by atoms with E-state index in [0.29, 0.717) is 6.54 Å². The van der Waals surface area contributed by atoms with Crippen molar-refractivity contribution in [2.45, 2.75) is 19.4 Å². The number of nitrogens with zero attached hydrogens (tertiary/aromatic N) is 1. The Morgan fingerprint density at radius 1 is 1.31 bits per heavy atom. The molecule has 0 fully saturated rings. The Bertz CT molecular complexity index is 342. The lowest BCUT2D eigenvalue weighted by atomic mass is 10.1. The van der Waals surface area contributed by atoms with E-state index in [1.807, 2.05) is 14.0 Å². The molecule has 1 aromatic rings. The molecule has 0 saturated heterocycles. The highest BCUT2D eigenvalue weighted by Gasteiger charge is 2.13. The first-order valence-corrected chi connectivity index (χ1v) is 5.41. The summed E-state index contributed by atoms with van der Waals surface area (Å²) in [6, 6.07) is 4.08. The van der Waals surface area contributed by atoms with Crippen LogP contribution in [0.4, 0.5) is 8.78 Å². The van der Waals surface area contributed by atoms with Crippen molar-refractivity contribution in [3.63, 3.8) is 0 Å². The number of halogens is 2. The summed E-state index contributed by atoms with van der Waals surface area (Å²) in [4.78, 5) is 2.07. The molecule has 0 spiro atoms. The molecule has 2 N–H and O–H groups in total. The second-order valence-electron chi connectivity index (χ2n) is 3.97. The van der Waals surface area contributed by atoms with Gasteiger partial charge in [0.25, 0.3) is 0 Å². The highest BCUT2D eigenvalue weighted by molar-refractivity contribution is 5.20. The van der Waals surface area contributed by atoms with Crippen LogP contribution in [0.15, 0.2) is 18.2 Å². The molecule has 90 valence electrons. The average molecular weight is 228 g/mol. The Labute approximate surface area is 95.1 Å². The van der Waals surface area contributed by atoms with Gasteiger partial charge in [-0.25, -0.2) is 8.78 Å².